The third-order valence-electron chi connectivity index (χ3n) is 5.58. The number of rotatable bonds is 4. The Morgan fingerprint density at radius 1 is 1.15 bits per heavy atom. The number of anilines is 1. The van der Waals surface area contributed by atoms with E-state index in [1.165, 1.54) is 24.2 Å². The van der Waals surface area contributed by atoms with Crippen molar-refractivity contribution in [3.8, 4) is 0 Å². The smallest absolute Gasteiger partial charge is 0.255 e. The number of ether oxygens (including phenoxy) is 1. The highest BCUT2D eigenvalue weighted by Gasteiger charge is 2.27. The summed E-state index contributed by atoms with van der Waals surface area (Å²) in [5.74, 6) is 0.156. The summed E-state index contributed by atoms with van der Waals surface area (Å²) in [6, 6.07) is 0. The first-order valence-corrected chi connectivity index (χ1v) is 10.9. The highest BCUT2D eigenvalue weighted by molar-refractivity contribution is 7.15. The molecule has 2 saturated heterocycles. The molecule has 3 aliphatic rings. The SMILES string of the molecule is O=C(Nc1nc2c(s1)CN(CC(=O)N1CCCCCC1)CC2)C1CCCO1. The van der Waals surface area contributed by atoms with Crippen molar-refractivity contribution in [1.82, 2.24) is 14.8 Å². The quantitative estimate of drug-likeness (QED) is 0.849. The second-order valence-electron chi connectivity index (χ2n) is 7.64. The molecule has 27 heavy (non-hydrogen) atoms. The molecule has 8 heteroatoms. The second-order valence-corrected chi connectivity index (χ2v) is 8.72. The lowest BCUT2D eigenvalue weighted by Crippen LogP contribution is -2.42. The molecule has 148 valence electrons. The number of nitrogens with one attached hydrogen (secondary N) is 1. The second kappa shape index (κ2) is 8.67. The number of fused-ring (bicyclic) bond motifs is 1. The van der Waals surface area contributed by atoms with Crippen LogP contribution in [0.4, 0.5) is 5.13 Å². The van der Waals surface area contributed by atoms with Gasteiger partial charge in [0.25, 0.3) is 5.91 Å². The topological polar surface area (TPSA) is 74.8 Å². The summed E-state index contributed by atoms with van der Waals surface area (Å²) in [5.41, 5.74) is 1.06. The molecule has 1 unspecified atom stereocenters. The molecule has 0 saturated carbocycles. The van der Waals surface area contributed by atoms with Gasteiger partial charge in [-0.15, -0.1) is 11.3 Å². The average Bonchev–Trinajstić information content (AvgIpc) is 3.24. The number of likely N-dealkylation sites (tertiary alicyclic amines) is 1. The van der Waals surface area contributed by atoms with Gasteiger partial charge in [0.2, 0.25) is 5.91 Å². The molecule has 7 nitrogen and oxygen atoms in total. The summed E-state index contributed by atoms with van der Waals surface area (Å²) in [6.45, 7) is 4.52. The third-order valence-corrected chi connectivity index (χ3v) is 6.58. The van der Waals surface area contributed by atoms with Gasteiger partial charge in [0.05, 0.1) is 12.2 Å². The first-order chi connectivity index (χ1) is 13.2. The van der Waals surface area contributed by atoms with Crippen molar-refractivity contribution in [3.63, 3.8) is 0 Å². The van der Waals surface area contributed by atoms with Crippen molar-refractivity contribution in [2.45, 2.75) is 57.6 Å². The van der Waals surface area contributed by atoms with Crippen LogP contribution in [0.1, 0.15) is 49.1 Å². The van der Waals surface area contributed by atoms with Crippen molar-refractivity contribution in [2.24, 2.45) is 0 Å². The van der Waals surface area contributed by atoms with Gasteiger partial charge in [-0.3, -0.25) is 19.8 Å². The highest BCUT2D eigenvalue weighted by Crippen LogP contribution is 2.29. The zero-order valence-corrected chi connectivity index (χ0v) is 16.6. The van der Waals surface area contributed by atoms with E-state index in [0.717, 1.165) is 68.9 Å². The largest absolute Gasteiger partial charge is 0.368 e. The lowest BCUT2D eigenvalue weighted by Gasteiger charge is -2.28. The lowest BCUT2D eigenvalue weighted by molar-refractivity contribution is -0.132. The van der Waals surface area contributed by atoms with Crippen LogP contribution in [0.15, 0.2) is 0 Å². The van der Waals surface area contributed by atoms with Crippen LogP contribution in [0.25, 0.3) is 0 Å². The standard InChI is InChI=1S/C19H28N4O3S/c24-17(23-8-3-1-2-4-9-23)13-22-10-7-14-16(12-22)27-19(20-14)21-18(25)15-6-5-11-26-15/h15H,1-13H2,(H,20,21,25). The number of nitrogens with zero attached hydrogens (tertiary/aromatic N) is 3. The number of hydrogen-bond donors (Lipinski definition) is 1. The molecule has 1 N–H and O–H groups in total. The van der Waals surface area contributed by atoms with Gasteiger partial charge in [-0.2, -0.15) is 0 Å². The third kappa shape index (κ3) is 4.67. The van der Waals surface area contributed by atoms with E-state index in [0.29, 0.717) is 18.3 Å². The number of amides is 2. The summed E-state index contributed by atoms with van der Waals surface area (Å²) in [7, 11) is 0. The summed E-state index contributed by atoms with van der Waals surface area (Å²) >= 11 is 1.53. The van der Waals surface area contributed by atoms with Crippen LogP contribution in [0.2, 0.25) is 0 Å². The van der Waals surface area contributed by atoms with E-state index in [9.17, 15) is 9.59 Å². The Bertz CT molecular complexity index is 678. The van der Waals surface area contributed by atoms with Crippen LogP contribution >= 0.6 is 11.3 Å². The number of carbonyl (C=O) groups excluding carboxylic acids is 2. The molecular weight excluding hydrogens is 364 g/mol. The molecule has 0 bridgehead atoms. The first kappa shape index (κ1) is 18.8. The number of carbonyl (C=O) groups is 2. The Balaban J connectivity index is 1.32. The maximum absolute atomic E-state index is 12.6. The fourth-order valence-electron chi connectivity index (χ4n) is 4.02. The highest BCUT2D eigenvalue weighted by atomic mass is 32.1. The van der Waals surface area contributed by atoms with Crippen molar-refractivity contribution in [3.05, 3.63) is 10.6 Å². The monoisotopic (exact) mass is 392 g/mol. The summed E-state index contributed by atoms with van der Waals surface area (Å²) < 4.78 is 5.43. The van der Waals surface area contributed by atoms with Gasteiger partial charge >= 0.3 is 0 Å². The average molecular weight is 393 g/mol. The maximum atomic E-state index is 12.6. The minimum Gasteiger partial charge on any atom is -0.368 e. The molecule has 1 aromatic heterocycles. The van der Waals surface area contributed by atoms with E-state index >= 15 is 0 Å². The number of aromatic nitrogens is 1. The lowest BCUT2D eigenvalue weighted by atomic mass is 10.2. The van der Waals surface area contributed by atoms with Gasteiger partial charge in [0, 0.05) is 44.1 Å². The zero-order chi connectivity index (χ0) is 18.6. The Morgan fingerprint density at radius 2 is 1.96 bits per heavy atom. The minimum atomic E-state index is -0.339. The zero-order valence-electron chi connectivity index (χ0n) is 15.7. The van der Waals surface area contributed by atoms with E-state index in [-0.39, 0.29) is 17.9 Å². The first-order valence-electron chi connectivity index (χ1n) is 10.1. The molecule has 4 rings (SSSR count). The van der Waals surface area contributed by atoms with Gasteiger partial charge in [-0.1, -0.05) is 12.8 Å². The minimum absolute atomic E-state index is 0.0909. The Morgan fingerprint density at radius 3 is 2.70 bits per heavy atom. The molecule has 2 amide bonds. The summed E-state index contributed by atoms with van der Waals surface area (Å²) in [5, 5.41) is 3.56. The van der Waals surface area contributed by atoms with Crippen molar-refractivity contribution in [2.75, 3.05) is 38.1 Å². The molecule has 4 heterocycles. The van der Waals surface area contributed by atoms with Gasteiger partial charge in [-0.05, 0) is 25.7 Å². The molecule has 0 spiro atoms. The fourth-order valence-corrected chi connectivity index (χ4v) is 5.07. The molecule has 0 aromatic carbocycles. The van der Waals surface area contributed by atoms with Gasteiger partial charge in [0.15, 0.2) is 5.13 Å². The molecule has 2 fully saturated rings. The van der Waals surface area contributed by atoms with E-state index in [1.54, 1.807) is 0 Å². The van der Waals surface area contributed by atoms with Gasteiger partial charge in [0.1, 0.15) is 6.10 Å². The molecule has 1 atom stereocenters. The molecule has 3 aliphatic heterocycles. The van der Waals surface area contributed by atoms with Crippen LogP contribution in [-0.2, 0) is 27.3 Å². The molecule has 0 aliphatic carbocycles. The Hall–Kier alpha value is -1.51. The van der Waals surface area contributed by atoms with Crippen molar-refractivity contribution in [1.29, 1.82) is 0 Å². The van der Waals surface area contributed by atoms with Crippen LogP contribution in [0, 0.1) is 0 Å². The van der Waals surface area contributed by atoms with Gasteiger partial charge in [-0.25, -0.2) is 4.98 Å². The van der Waals surface area contributed by atoms with Crippen LogP contribution in [0.5, 0.6) is 0 Å². The van der Waals surface area contributed by atoms with E-state index < -0.39 is 0 Å². The van der Waals surface area contributed by atoms with Crippen molar-refractivity contribution < 1.29 is 14.3 Å². The van der Waals surface area contributed by atoms with Gasteiger partial charge < -0.3 is 9.64 Å². The predicted octanol–water partition coefficient (Wildman–Crippen LogP) is 2.02. The van der Waals surface area contributed by atoms with E-state index in [1.807, 2.05) is 4.90 Å². The number of thiazole rings is 1. The van der Waals surface area contributed by atoms with Crippen LogP contribution < -0.4 is 5.32 Å². The predicted molar refractivity (Wildman–Crippen MR) is 104 cm³/mol. The van der Waals surface area contributed by atoms with E-state index in [2.05, 4.69) is 15.2 Å². The fraction of sp³-hybridized carbons (Fsp3) is 0.737. The van der Waals surface area contributed by atoms with Crippen molar-refractivity contribution >= 4 is 28.3 Å². The van der Waals surface area contributed by atoms with E-state index in [4.69, 9.17) is 4.74 Å². The maximum Gasteiger partial charge on any atom is 0.255 e. The summed E-state index contributed by atoms with van der Waals surface area (Å²) in [4.78, 5) is 34.8. The number of hydrogen-bond acceptors (Lipinski definition) is 6. The Kier molecular flexibility index (Phi) is 6.04. The molecular formula is C19H28N4O3S. The summed E-state index contributed by atoms with van der Waals surface area (Å²) in [6.07, 6.45) is 6.92. The Labute approximate surface area is 164 Å². The normalized spacial score (nSPS) is 23.7. The molecule has 0 radical (unpaired) electrons. The van der Waals surface area contributed by atoms with Crippen LogP contribution in [0.3, 0.4) is 0 Å². The van der Waals surface area contributed by atoms with Crippen LogP contribution in [-0.4, -0.2) is 65.5 Å². The molecule has 1 aromatic rings.